The van der Waals surface area contributed by atoms with Gasteiger partial charge in [-0.15, -0.1) is 0 Å². The molecule has 0 saturated carbocycles. The van der Waals surface area contributed by atoms with E-state index in [4.69, 9.17) is 14.6 Å². The number of aliphatic carboxylic acids is 1. The molecule has 2 rings (SSSR count). The predicted molar refractivity (Wildman–Crippen MR) is 116 cm³/mol. The molecule has 0 unspecified atom stereocenters. The number of unbranched alkanes of at least 4 members (excludes halogenated alkanes) is 2. The van der Waals surface area contributed by atoms with Gasteiger partial charge in [0.15, 0.2) is 6.29 Å². The largest absolute Gasteiger partial charge is 0.481 e. The second kappa shape index (κ2) is 13.5. The molecule has 0 radical (unpaired) electrons. The van der Waals surface area contributed by atoms with Crippen LogP contribution in [0.15, 0.2) is 30.3 Å². The lowest BCUT2D eigenvalue weighted by Crippen LogP contribution is -2.60. The van der Waals surface area contributed by atoms with E-state index in [2.05, 4.69) is 12.1 Å². The van der Waals surface area contributed by atoms with Gasteiger partial charge in [-0.2, -0.15) is 0 Å². The number of amides is 1. The number of carbonyl (C=O) groups is 2. The summed E-state index contributed by atoms with van der Waals surface area (Å²) in [5, 5.41) is 39.2. The molecule has 0 aliphatic carbocycles. The molecule has 0 bridgehead atoms. The number of carboxylic acids is 1. The van der Waals surface area contributed by atoms with E-state index >= 15 is 0 Å². The maximum atomic E-state index is 12.8. The molecule has 1 aliphatic heterocycles. The van der Waals surface area contributed by atoms with Gasteiger partial charge in [0.05, 0.1) is 0 Å². The molecular formula is C23H35NO8. The first kappa shape index (κ1) is 26.2. The molecule has 9 nitrogen and oxygen atoms in total. The number of methoxy groups -OCH3 is 1. The molecule has 5 atom stereocenters. The highest BCUT2D eigenvalue weighted by Gasteiger charge is 2.44. The molecule has 32 heavy (non-hydrogen) atoms. The number of rotatable bonds is 13. The summed E-state index contributed by atoms with van der Waals surface area (Å²) in [5.74, 6) is -1.06. The van der Waals surface area contributed by atoms with Crippen LogP contribution in [0.3, 0.4) is 0 Å². The number of hydrogen-bond donors (Lipinski definition) is 4. The van der Waals surface area contributed by atoms with Crippen LogP contribution in [-0.2, 0) is 25.5 Å². The average Bonchev–Trinajstić information content (AvgIpc) is 2.79. The van der Waals surface area contributed by atoms with Crippen LogP contribution in [0, 0.1) is 0 Å². The van der Waals surface area contributed by atoms with Gasteiger partial charge in [-0.25, -0.2) is 0 Å². The zero-order valence-corrected chi connectivity index (χ0v) is 18.5. The Kier molecular flexibility index (Phi) is 11.1. The Morgan fingerprint density at radius 1 is 0.969 bits per heavy atom. The van der Waals surface area contributed by atoms with E-state index in [0.717, 1.165) is 19.3 Å². The van der Waals surface area contributed by atoms with Crippen LogP contribution in [0.2, 0.25) is 0 Å². The molecule has 1 aromatic carbocycles. The normalized spacial score (nSPS) is 25.4. The number of aliphatic hydroxyl groups excluding tert-OH is 3. The average molecular weight is 454 g/mol. The number of ether oxygens (including phenoxy) is 2. The first-order valence-electron chi connectivity index (χ1n) is 11.1. The molecule has 1 amide bonds. The molecule has 9 heteroatoms. The second-order valence-corrected chi connectivity index (χ2v) is 8.13. The highest BCUT2D eigenvalue weighted by atomic mass is 16.7. The third-order valence-electron chi connectivity index (χ3n) is 5.67. The van der Waals surface area contributed by atoms with E-state index in [0.29, 0.717) is 19.4 Å². The number of nitrogens with zero attached hydrogens (tertiary/aromatic N) is 1. The number of carbonyl (C=O) groups excluding carboxylic acids is 1. The SMILES string of the molecule is CO[C@H]1O[C@H](CN(CCCCc2ccccc2)C(=O)CCCCC(=O)O)[C@@H](O)[C@H](O)[C@H]1O. The summed E-state index contributed by atoms with van der Waals surface area (Å²) in [7, 11) is 1.32. The summed E-state index contributed by atoms with van der Waals surface area (Å²) in [5.41, 5.74) is 1.21. The Balaban J connectivity index is 1.95. The van der Waals surface area contributed by atoms with Crippen molar-refractivity contribution < 1.29 is 39.5 Å². The van der Waals surface area contributed by atoms with E-state index in [1.165, 1.54) is 12.7 Å². The zero-order valence-electron chi connectivity index (χ0n) is 18.5. The number of aryl methyl sites for hydroxylation is 1. The van der Waals surface area contributed by atoms with Crippen LogP contribution in [0.25, 0.3) is 0 Å². The van der Waals surface area contributed by atoms with Crippen molar-refractivity contribution in [2.24, 2.45) is 0 Å². The van der Waals surface area contributed by atoms with Crippen molar-refractivity contribution in [1.82, 2.24) is 4.90 Å². The molecule has 4 N–H and O–H groups in total. The van der Waals surface area contributed by atoms with Crippen molar-refractivity contribution in [3.8, 4) is 0 Å². The topological polar surface area (TPSA) is 137 Å². The number of benzene rings is 1. The van der Waals surface area contributed by atoms with Gasteiger partial charge in [-0.05, 0) is 37.7 Å². The van der Waals surface area contributed by atoms with Crippen LogP contribution in [0.5, 0.6) is 0 Å². The van der Waals surface area contributed by atoms with E-state index in [-0.39, 0.29) is 25.3 Å². The highest BCUT2D eigenvalue weighted by Crippen LogP contribution is 2.23. The molecular weight excluding hydrogens is 418 g/mol. The van der Waals surface area contributed by atoms with Gasteiger partial charge in [0.1, 0.15) is 24.4 Å². The molecule has 1 saturated heterocycles. The van der Waals surface area contributed by atoms with Crippen molar-refractivity contribution in [1.29, 1.82) is 0 Å². The summed E-state index contributed by atoms with van der Waals surface area (Å²) >= 11 is 0. The smallest absolute Gasteiger partial charge is 0.303 e. The van der Waals surface area contributed by atoms with E-state index in [1.54, 1.807) is 4.90 Å². The Labute approximate surface area is 188 Å². The second-order valence-electron chi connectivity index (χ2n) is 8.13. The maximum Gasteiger partial charge on any atom is 0.303 e. The van der Waals surface area contributed by atoms with Crippen LogP contribution in [0.1, 0.15) is 44.1 Å². The molecule has 1 heterocycles. The van der Waals surface area contributed by atoms with E-state index in [9.17, 15) is 24.9 Å². The summed E-state index contributed by atoms with van der Waals surface area (Å²) in [4.78, 5) is 25.1. The Bertz CT molecular complexity index is 698. The van der Waals surface area contributed by atoms with Gasteiger partial charge in [0.25, 0.3) is 0 Å². The third kappa shape index (κ3) is 8.14. The fourth-order valence-electron chi connectivity index (χ4n) is 3.78. The van der Waals surface area contributed by atoms with Gasteiger partial charge in [0.2, 0.25) is 5.91 Å². The molecule has 0 spiro atoms. The zero-order chi connectivity index (χ0) is 23.5. The number of aliphatic hydroxyl groups is 3. The minimum Gasteiger partial charge on any atom is -0.481 e. The molecule has 0 aromatic heterocycles. The fraction of sp³-hybridized carbons (Fsp3) is 0.652. The molecule has 180 valence electrons. The molecule has 1 aromatic rings. The van der Waals surface area contributed by atoms with Crippen LogP contribution in [0.4, 0.5) is 0 Å². The number of carboxylic acid groups (broad SMARTS) is 1. The monoisotopic (exact) mass is 453 g/mol. The van der Waals surface area contributed by atoms with Crippen LogP contribution >= 0.6 is 0 Å². The first-order chi connectivity index (χ1) is 15.3. The first-order valence-corrected chi connectivity index (χ1v) is 11.1. The standard InChI is InChI=1S/C23H35NO8/c1-31-23-22(30)21(29)20(28)17(32-23)15-24(18(25)12-5-6-13-19(26)27)14-8-7-11-16-9-3-2-4-10-16/h2-4,9-10,17,20-23,28-30H,5-8,11-15H2,1H3,(H,26,27)/t17-,20-,21+,22-,23+/m1/s1. The molecule has 1 fully saturated rings. The van der Waals surface area contributed by atoms with Crippen molar-refractivity contribution >= 4 is 11.9 Å². The lowest BCUT2D eigenvalue weighted by molar-refractivity contribution is -0.291. The summed E-state index contributed by atoms with van der Waals surface area (Å²) in [6, 6.07) is 10.0. The van der Waals surface area contributed by atoms with Gasteiger partial charge < -0.3 is 34.8 Å². The summed E-state index contributed by atoms with van der Waals surface area (Å²) in [6.07, 6.45) is -2.73. The summed E-state index contributed by atoms with van der Waals surface area (Å²) < 4.78 is 10.6. The van der Waals surface area contributed by atoms with Crippen molar-refractivity contribution in [2.45, 2.75) is 75.7 Å². The lowest BCUT2D eigenvalue weighted by Gasteiger charge is -2.41. The fourth-order valence-corrected chi connectivity index (χ4v) is 3.78. The quantitative estimate of drug-likeness (QED) is 0.324. The maximum absolute atomic E-state index is 12.8. The van der Waals surface area contributed by atoms with Gasteiger partial charge in [-0.1, -0.05) is 30.3 Å². The van der Waals surface area contributed by atoms with Gasteiger partial charge >= 0.3 is 5.97 Å². The summed E-state index contributed by atoms with van der Waals surface area (Å²) in [6.45, 7) is 0.474. The number of hydrogen-bond acceptors (Lipinski definition) is 7. The minimum absolute atomic E-state index is 0.00834. The predicted octanol–water partition coefficient (Wildman–Crippen LogP) is 0.937. The minimum atomic E-state index is -1.45. The van der Waals surface area contributed by atoms with Crippen molar-refractivity contribution in [3.05, 3.63) is 35.9 Å². The highest BCUT2D eigenvalue weighted by molar-refractivity contribution is 5.76. The third-order valence-corrected chi connectivity index (χ3v) is 5.67. The van der Waals surface area contributed by atoms with Gasteiger partial charge in [-0.3, -0.25) is 9.59 Å². The Morgan fingerprint density at radius 3 is 2.31 bits per heavy atom. The lowest BCUT2D eigenvalue weighted by atomic mass is 9.98. The van der Waals surface area contributed by atoms with E-state index < -0.39 is 36.7 Å². The van der Waals surface area contributed by atoms with Crippen LogP contribution in [-0.4, -0.2) is 88.1 Å². The molecule has 1 aliphatic rings. The Morgan fingerprint density at radius 2 is 1.66 bits per heavy atom. The van der Waals surface area contributed by atoms with Crippen molar-refractivity contribution in [3.63, 3.8) is 0 Å². The van der Waals surface area contributed by atoms with Crippen molar-refractivity contribution in [2.75, 3.05) is 20.2 Å². The van der Waals surface area contributed by atoms with Gasteiger partial charge in [0, 0.05) is 33.0 Å². The van der Waals surface area contributed by atoms with Crippen LogP contribution < -0.4 is 0 Å². The van der Waals surface area contributed by atoms with E-state index in [1.807, 2.05) is 18.2 Å². The Hall–Kier alpha value is -2.04.